The Kier molecular flexibility index (Phi) is 5.98. The van der Waals surface area contributed by atoms with Gasteiger partial charge in [0.25, 0.3) is 0 Å². The van der Waals surface area contributed by atoms with Crippen molar-refractivity contribution in [3.8, 4) is 22.3 Å². The first-order valence-corrected chi connectivity index (χ1v) is 14.0. The zero-order valence-corrected chi connectivity index (χ0v) is 23.6. The maximum absolute atomic E-state index is 4.94. The standard InChI is InChI=1S/C39H30N2/c1-5-26-17-20-35-36(21-25(4)41-39(35)38(26)40-24(2)3)29-12-10-11-27(22-29)28-18-19-34-32-15-7-6-13-30(32)31-14-8-9-16-33(31)37(34)23-28/h5-23H,1H2,2-4H3. The van der Waals surface area contributed by atoms with E-state index in [1.165, 1.54) is 43.4 Å². The molecular formula is C39H30N2. The van der Waals surface area contributed by atoms with Crippen LogP contribution in [0, 0.1) is 6.92 Å². The number of benzene rings is 6. The molecule has 196 valence electrons. The summed E-state index contributed by atoms with van der Waals surface area (Å²) in [5, 5.41) is 8.82. The number of rotatable bonds is 4. The van der Waals surface area contributed by atoms with Crippen LogP contribution in [0.5, 0.6) is 0 Å². The van der Waals surface area contributed by atoms with Crippen LogP contribution in [0.3, 0.4) is 0 Å². The lowest BCUT2D eigenvalue weighted by molar-refractivity contribution is 1.25. The number of aliphatic imine (C=N–C) groups is 1. The van der Waals surface area contributed by atoms with Crippen molar-refractivity contribution >= 4 is 60.7 Å². The van der Waals surface area contributed by atoms with Crippen LogP contribution in [0.4, 0.5) is 5.69 Å². The molecular weight excluding hydrogens is 496 g/mol. The van der Waals surface area contributed by atoms with Gasteiger partial charge in [-0.3, -0.25) is 9.98 Å². The molecule has 0 spiro atoms. The van der Waals surface area contributed by atoms with Gasteiger partial charge in [0.05, 0.1) is 11.2 Å². The summed E-state index contributed by atoms with van der Waals surface area (Å²) in [7, 11) is 0. The van der Waals surface area contributed by atoms with E-state index in [9.17, 15) is 0 Å². The predicted octanol–water partition coefficient (Wildman–Crippen LogP) is 11.1. The second-order valence-electron chi connectivity index (χ2n) is 10.9. The van der Waals surface area contributed by atoms with Gasteiger partial charge in [0.2, 0.25) is 0 Å². The number of aryl methyl sites for hydroxylation is 1. The summed E-state index contributed by atoms with van der Waals surface area (Å²) in [4.78, 5) is 9.79. The van der Waals surface area contributed by atoms with E-state index in [1.54, 1.807) is 0 Å². The second kappa shape index (κ2) is 9.83. The van der Waals surface area contributed by atoms with Gasteiger partial charge >= 0.3 is 0 Å². The Hall–Kier alpha value is -5.08. The van der Waals surface area contributed by atoms with E-state index in [0.717, 1.165) is 44.7 Å². The second-order valence-corrected chi connectivity index (χ2v) is 10.9. The zero-order valence-electron chi connectivity index (χ0n) is 23.6. The van der Waals surface area contributed by atoms with E-state index < -0.39 is 0 Å². The zero-order chi connectivity index (χ0) is 28.1. The molecule has 0 fully saturated rings. The lowest BCUT2D eigenvalue weighted by atomic mass is 9.91. The molecule has 0 saturated heterocycles. The molecule has 0 saturated carbocycles. The van der Waals surface area contributed by atoms with Crippen molar-refractivity contribution in [2.24, 2.45) is 4.99 Å². The molecule has 0 aliphatic carbocycles. The van der Waals surface area contributed by atoms with Crippen LogP contribution in [-0.2, 0) is 0 Å². The van der Waals surface area contributed by atoms with E-state index in [0.29, 0.717) is 0 Å². The average molecular weight is 527 g/mol. The first kappa shape index (κ1) is 24.9. The highest BCUT2D eigenvalue weighted by molar-refractivity contribution is 6.25. The van der Waals surface area contributed by atoms with Gasteiger partial charge in [-0.2, -0.15) is 0 Å². The molecule has 0 atom stereocenters. The molecule has 0 aliphatic heterocycles. The van der Waals surface area contributed by atoms with Crippen LogP contribution < -0.4 is 0 Å². The Morgan fingerprint density at radius 1 is 0.610 bits per heavy atom. The Morgan fingerprint density at radius 2 is 1.20 bits per heavy atom. The summed E-state index contributed by atoms with van der Waals surface area (Å²) < 4.78 is 0. The number of pyridine rings is 1. The molecule has 0 aliphatic rings. The number of hydrogen-bond donors (Lipinski definition) is 0. The van der Waals surface area contributed by atoms with Crippen molar-refractivity contribution in [2.75, 3.05) is 0 Å². The molecule has 0 bridgehead atoms. The first-order chi connectivity index (χ1) is 20.0. The van der Waals surface area contributed by atoms with Gasteiger partial charge in [0, 0.05) is 22.4 Å². The summed E-state index contributed by atoms with van der Waals surface area (Å²) in [5.74, 6) is 0. The number of aromatic nitrogens is 1. The third-order valence-corrected chi connectivity index (χ3v) is 7.92. The number of nitrogens with zero attached hydrogens (tertiary/aromatic N) is 2. The molecule has 41 heavy (non-hydrogen) atoms. The fraction of sp³-hybridized carbons (Fsp3) is 0.0769. The van der Waals surface area contributed by atoms with Crippen molar-refractivity contribution < 1.29 is 0 Å². The van der Waals surface area contributed by atoms with Gasteiger partial charge in [0.1, 0.15) is 0 Å². The topological polar surface area (TPSA) is 25.2 Å². The quantitative estimate of drug-likeness (QED) is 0.165. The van der Waals surface area contributed by atoms with Gasteiger partial charge < -0.3 is 0 Å². The fourth-order valence-corrected chi connectivity index (χ4v) is 6.12. The Morgan fingerprint density at radius 3 is 1.85 bits per heavy atom. The Labute approximate surface area is 240 Å². The van der Waals surface area contributed by atoms with Crippen LogP contribution in [0.25, 0.3) is 71.6 Å². The van der Waals surface area contributed by atoms with Crippen LogP contribution in [0.2, 0.25) is 0 Å². The van der Waals surface area contributed by atoms with Crippen molar-refractivity contribution in [1.82, 2.24) is 4.98 Å². The van der Waals surface area contributed by atoms with Gasteiger partial charge in [-0.15, -0.1) is 0 Å². The molecule has 2 nitrogen and oxygen atoms in total. The van der Waals surface area contributed by atoms with Crippen LogP contribution in [0.1, 0.15) is 25.1 Å². The van der Waals surface area contributed by atoms with E-state index in [1.807, 2.05) is 19.9 Å². The first-order valence-electron chi connectivity index (χ1n) is 14.0. The highest BCUT2D eigenvalue weighted by Gasteiger charge is 2.14. The molecule has 0 unspecified atom stereocenters. The van der Waals surface area contributed by atoms with Gasteiger partial charge in [-0.1, -0.05) is 104 Å². The minimum atomic E-state index is 0.882. The Balaban J connectivity index is 1.44. The highest BCUT2D eigenvalue weighted by Crippen LogP contribution is 2.39. The Bertz CT molecular complexity index is 2160. The third-order valence-electron chi connectivity index (χ3n) is 7.92. The maximum Gasteiger partial charge on any atom is 0.0973 e. The largest absolute Gasteiger partial charge is 0.256 e. The molecule has 0 amide bonds. The normalized spacial score (nSPS) is 11.4. The van der Waals surface area contributed by atoms with Crippen LogP contribution in [0.15, 0.2) is 121 Å². The monoisotopic (exact) mass is 526 g/mol. The molecule has 7 rings (SSSR count). The SMILES string of the molecule is C=Cc1ccc2c(-c3cccc(-c4ccc5c6ccccc6c6ccccc6c5c4)c3)cc(C)nc2c1N=C(C)C. The summed E-state index contributed by atoms with van der Waals surface area (Å²) in [6, 6.07) is 39.6. The molecule has 0 N–H and O–H groups in total. The average Bonchev–Trinajstić information content (AvgIpc) is 3.00. The molecule has 7 aromatic rings. The van der Waals surface area contributed by atoms with Gasteiger partial charge in [-0.05, 0) is 93.5 Å². The summed E-state index contributed by atoms with van der Waals surface area (Å²) in [6.45, 7) is 10.1. The molecule has 6 aromatic carbocycles. The number of fused-ring (bicyclic) bond motifs is 7. The van der Waals surface area contributed by atoms with E-state index >= 15 is 0 Å². The maximum atomic E-state index is 4.94. The van der Waals surface area contributed by atoms with E-state index in [-0.39, 0.29) is 0 Å². The highest BCUT2D eigenvalue weighted by atomic mass is 14.8. The van der Waals surface area contributed by atoms with Crippen molar-refractivity contribution in [3.05, 3.63) is 127 Å². The molecule has 1 heterocycles. The molecule has 1 aromatic heterocycles. The molecule has 0 radical (unpaired) electrons. The minimum absolute atomic E-state index is 0.882. The van der Waals surface area contributed by atoms with Crippen molar-refractivity contribution in [3.63, 3.8) is 0 Å². The summed E-state index contributed by atoms with van der Waals surface area (Å²) in [5.41, 5.74) is 9.46. The van der Waals surface area contributed by atoms with Crippen molar-refractivity contribution in [2.45, 2.75) is 20.8 Å². The summed E-state index contributed by atoms with van der Waals surface area (Å²) in [6.07, 6.45) is 1.86. The van der Waals surface area contributed by atoms with Crippen LogP contribution in [-0.4, -0.2) is 10.7 Å². The lowest BCUT2D eigenvalue weighted by Gasteiger charge is -2.14. The fourth-order valence-electron chi connectivity index (χ4n) is 6.12. The van der Waals surface area contributed by atoms with Crippen molar-refractivity contribution in [1.29, 1.82) is 0 Å². The molecule has 2 heteroatoms. The van der Waals surface area contributed by atoms with Gasteiger partial charge in [0.15, 0.2) is 0 Å². The van der Waals surface area contributed by atoms with E-state index in [2.05, 4.69) is 123 Å². The van der Waals surface area contributed by atoms with Gasteiger partial charge in [-0.25, -0.2) is 0 Å². The predicted molar refractivity (Wildman–Crippen MR) is 178 cm³/mol. The summed E-state index contributed by atoms with van der Waals surface area (Å²) >= 11 is 0. The lowest BCUT2D eigenvalue weighted by Crippen LogP contribution is -1.92. The third kappa shape index (κ3) is 4.20. The minimum Gasteiger partial charge on any atom is -0.256 e. The van der Waals surface area contributed by atoms with E-state index in [4.69, 9.17) is 9.98 Å². The smallest absolute Gasteiger partial charge is 0.0973 e. The number of hydrogen-bond acceptors (Lipinski definition) is 2. The van der Waals surface area contributed by atoms with Crippen LogP contribution >= 0.6 is 0 Å².